The predicted octanol–water partition coefficient (Wildman–Crippen LogP) is 4.39. The van der Waals surface area contributed by atoms with Crippen molar-refractivity contribution in [1.82, 2.24) is 34.8 Å². The van der Waals surface area contributed by atoms with E-state index in [2.05, 4.69) is 35.7 Å². The Kier molecular flexibility index (Phi) is 8.02. The minimum absolute atomic E-state index is 0.0866. The first-order valence-electron chi connectivity index (χ1n) is 14.0. The molecule has 1 amide bonds. The molecule has 2 aliphatic heterocycles. The van der Waals surface area contributed by atoms with Gasteiger partial charge in [0.1, 0.15) is 23.6 Å². The molecule has 234 valence electrons. The smallest absolute Gasteiger partial charge is 0.416 e. The highest BCUT2D eigenvalue weighted by molar-refractivity contribution is 5.67. The number of ether oxygens (including phenoxy) is 3. The van der Waals surface area contributed by atoms with Crippen LogP contribution in [0.15, 0.2) is 48.8 Å². The van der Waals surface area contributed by atoms with E-state index in [0.29, 0.717) is 48.5 Å². The maximum atomic E-state index is 15.0. The van der Waals surface area contributed by atoms with Crippen molar-refractivity contribution in [2.24, 2.45) is 0 Å². The van der Waals surface area contributed by atoms with Crippen LogP contribution in [0.2, 0.25) is 0 Å². The van der Waals surface area contributed by atoms with E-state index in [1.165, 1.54) is 12.1 Å². The molecule has 0 aliphatic carbocycles. The number of carbonyl (C=O) groups excluding carboxylic acids is 1. The number of fused-ring (bicyclic) bond motifs is 1. The van der Waals surface area contributed by atoms with E-state index in [1.54, 1.807) is 36.6 Å². The summed E-state index contributed by atoms with van der Waals surface area (Å²) in [5, 5.41) is 12.6. The molecule has 4 aromatic rings. The summed E-state index contributed by atoms with van der Waals surface area (Å²) in [6.07, 6.45) is -5.40. The van der Waals surface area contributed by atoms with Gasteiger partial charge in [-0.25, -0.2) is 19.2 Å². The van der Waals surface area contributed by atoms with Crippen LogP contribution < -0.4 is 15.4 Å². The molecule has 12 nitrogen and oxygen atoms in total. The topological polar surface area (TPSA) is 131 Å². The van der Waals surface area contributed by atoms with Crippen molar-refractivity contribution in [2.75, 3.05) is 25.0 Å². The highest BCUT2D eigenvalue weighted by atomic mass is 19.4. The van der Waals surface area contributed by atoms with Crippen LogP contribution in [0, 0.1) is 0 Å². The van der Waals surface area contributed by atoms with E-state index in [-0.39, 0.29) is 18.8 Å². The van der Waals surface area contributed by atoms with Gasteiger partial charge in [-0.2, -0.15) is 18.3 Å². The Morgan fingerprint density at radius 3 is 2.70 bits per heavy atom. The van der Waals surface area contributed by atoms with Crippen LogP contribution in [0.4, 0.5) is 34.1 Å². The second-order valence-corrected chi connectivity index (χ2v) is 11.0. The number of carbonyl (C=O) groups is 1. The second kappa shape index (κ2) is 11.9. The van der Waals surface area contributed by atoms with Gasteiger partial charge in [-0.1, -0.05) is 0 Å². The molecular weight excluding hydrogens is 588 g/mol. The number of amides is 1. The number of likely N-dealkylation sites (tertiary alicyclic amines) is 1. The lowest BCUT2D eigenvalue weighted by Gasteiger charge is -2.38. The number of nitrogens with one attached hydrogen (secondary N) is 3. The molecule has 0 saturated carbocycles. The normalized spacial score (nSPS) is 21.0. The summed E-state index contributed by atoms with van der Waals surface area (Å²) in [5.41, 5.74) is 1.09. The first-order chi connectivity index (χ1) is 21.0. The molecule has 3 atom stereocenters. The van der Waals surface area contributed by atoms with Gasteiger partial charge in [-0.3, -0.25) is 14.4 Å². The number of benzene rings is 1. The number of rotatable bonds is 9. The Balaban J connectivity index is 1.03. The zero-order valence-corrected chi connectivity index (χ0v) is 23.7. The van der Waals surface area contributed by atoms with Crippen LogP contribution >= 0.6 is 0 Å². The number of halogens is 4. The average Bonchev–Trinajstić information content (AvgIpc) is 3.66. The van der Waals surface area contributed by atoms with E-state index in [0.717, 1.165) is 17.8 Å². The minimum atomic E-state index is -4.39. The van der Waals surface area contributed by atoms with E-state index in [1.807, 2.05) is 6.20 Å². The second-order valence-electron chi connectivity index (χ2n) is 11.0. The molecule has 1 aromatic carbocycles. The summed E-state index contributed by atoms with van der Waals surface area (Å²) in [4.78, 5) is 23.0. The fourth-order valence-electron chi connectivity index (χ4n) is 5.01. The largest absolute Gasteiger partial charge is 0.488 e. The SMILES string of the molecule is CC(C)NC(=O)O[C@@H]1CO[C@H](c2cc(Nc3nccc4nc(CN5CC(Oc6ccc(C(F)(F)F)cc6)C5)cn34)n[nH]2)[C@@H]1F. The van der Waals surface area contributed by atoms with Gasteiger partial charge >= 0.3 is 12.3 Å². The molecule has 2 fully saturated rings. The molecule has 16 heteroatoms. The zero-order chi connectivity index (χ0) is 31.0. The summed E-state index contributed by atoms with van der Waals surface area (Å²) in [6.45, 7) is 5.20. The van der Waals surface area contributed by atoms with Crippen molar-refractivity contribution in [2.45, 2.75) is 57.1 Å². The number of hydrogen-bond acceptors (Lipinski definition) is 9. The highest BCUT2D eigenvalue weighted by Crippen LogP contribution is 2.34. The number of imidazole rings is 1. The van der Waals surface area contributed by atoms with Crippen molar-refractivity contribution >= 4 is 23.5 Å². The van der Waals surface area contributed by atoms with Gasteiger partial charge < -0.3 is 24.8 Å². The Labute approximate surface area is 248 Å². The van der Waals surface area contributed by atoms with Gasteiger partial charge in [-0.15, -0.1) is 0 Å². The van der Waals surface area contributed by atoms with Crippen molar-refractivity contribution in [1.29, 1.82) is 0 Å². The number of alkyl halides is 4. The number of hydrogen-bond donors (Lipinski definition) is 3. The van der Waals surface area contributed by atoms with Gasteiger partial charge in [0.05, 0.1) is 23.6 Å². The van der Waals surface area contributed by atoms with Crippen LogP contribution in [0.5, 0.6) is 5.75 Å². The average molecular weight is 619 g/mol. The Morgan fingerprint density at radius 2 is 1.98 bits per heavy atom. The fraction of sp³-hybridized carbons (Fsp3) is 0.429. The summed E-state index contributed by atoms with van der Waals surface area (Å²) < 4.78 is 71.6. The molecule has 5 heterocycles. The number of anilines is 2. The molecule has 3 N–H and O–H groups in total. The Hall–Kier alpha value is -4.44. The Bertz CT molecular complexity index is 1600. The molecule has 2 saturated heterocycles. The lowest BCUT2D eigenvalue weighted by molar-refractivity contribution is -0.137. The number of aromatic nitrogens is 5. The molecular formula is C28H30F4N8O4. The Morgan fingerprint density at radius 1 is 1.20 bits per heavy atom. The van der Waals surface area contributed by atoms with E-state index < -0.39 is 36.2 Å². The highest BCUT2D eigenvalue weighted by Gasteiger charge is 2.42. The van der Waals surface area contributed by atoms with Crippen molar-refractivity contribution in [3.8, 4) is 5.75 Å². The fourth-order valence-corrected chi connectivity index (χ4v) is 5.01. The molecule has 3 aromatic heterocycles. The van der Waals surface area contributed by atoms with Gasteiger partial charge in [0.15, 0.2) is 18.1 Å². The van der Waals surface area contributed by atoms with Crippen molar-refractivity contribution < 1.29 is 36.6 Å². The summed E-state index contributed by atoms with van der Waals surface area (Å²) in [6, 6.07) is 7.88. The van der Waals surface area contributed by atoms with Gasteiger partial charge in [0, 0.05) is 44.1 Å². The van der Waals surface area contributed by atoms with Gasteiger partial charge in [-0.05, 0) is 44.2 Å². The van der Waals surface area contributed by atoms with Crippen LogP contribution in [0.1, 0.15) is 36.9 Å². The minimum Gasteiger partial charge on any atom is -0.488 e. The van der Waals surface area contributed by atoms with E-state index >= 15 is 4.39 Å². The van der Waals surface area contributed by atoms with E-state index in [4.69, 9.17) is 14.2 Å². The van der Waals surface area contributed by atoms with Crippen LogP contribution in [-0.2, 0) is 22.2 Å². The maximum absolute atomic E-state index is 15.0. The quantitative estimate of drug-likeness (QED) is 0.234. The third-order valence-corrected chi connectivity index (χ3v) is 7.12. The van der Waals surface area contributed by atoms with E-state index in [9.17, 15) is 18.0 Å². The molecule has 0 radical (unpaired) electrons. The third-order valence-electron chi connectivity index (χ3n) is 7.12. The summed E-state index contributed by atoms with van der Waals surface area (Å²) in [5.74, 6) is 1.20. The molecule has 44 heavy (non-hydrogen) atoms. The molecule has 2 aliphatic rings. The number of nitrogens with zero attached hydrogens (tertiary/aromatic N) is 5. The van der Waals surface area contributed by atoms with Crippen molar-refractivity contribution in [3.05, 3.63) is 65.7 Å². The van der Waals surface area contributed by atoms with Crippen LogP contribution in [0.25, 0.3) is 5.65 Å². The first-order valence-corrected chi connectivity index (χ1v) is 14.0. The van der Waals surface area contributed by atoms with Crippen LogP contribution in [-0.4, -0.2) is 79.7 Å². The predicted molar refractivity (Wildman–Crippen MR) is 148 cm³/mol. The molecule has 0 bridgehead atoms. The molecule has 0 unspecified atom stereocenters. The first kappa shape index (κ1) is 29.6. The number of H-pyrrole nitrogens is 1. The summed E-state index contributed by atoms with van der Waals surface area (Å²) >= 11 is 0. The zero-order valence-electron chi connectivity index (χ0n) is 23.7. The number of alkyl carbamates (subject to hydrolysis) is 1. The summed E-state index contributed by atoms with van der Waals surface area (Å²) in [7, 11) is 0. The number of aromatic amines is 1. The van der Waals surface area contributed by atoms with Crippen molar-refractivity contribution in [3.63, 3.8) is 0 Å². The molecule has 0 spiro atoms. The van der Waals surface area contributed by atoms with Gasteiger partial charge in [0.2, 0.25) is 5.95 Å². The lowest BCUT2D eigenvalue weighted by Crippen LogP contribution is -2.53. The van der Waals surface area contributed by atoms with Crippen LogP contribution in [0.3, 0.4) is 0 Å². The lowest BCUT2D eigenvalue weighted by atomic mass is 10.1. The third kappa shape index (κ3) is 6.55. The monoisotopic (exact) mass is 618 g/mol. The maximum Gasteiger partial charge on any atom is 0.416 e. The van der Waals surface area contributed by atoms with Gasteiger partial charge in [0.25, 0.3) is 0 Å². The standard InChI is InChI=1S/C28H30F4N8O4/c1-15(2)34-27(41)44-21-14-42-25(24(21)29)20-9-22(38-37-20)36-26-33-8-7-23-35-17(11-40(23)26)10-39-12-19(13-39)43-18-5-3-16(4-6-18)28(30,31)32/h3-9,11,15,19,21,24-25H,10,12-14H2,1-2H3,(H,34,41)(H2,33,36,37,38)/t21-,24-,25-/m1/s1. The molecule has 6 rings (SSSR count).